The standard InChI is InChI=1S/C20H20F3N5O/c1-24-20(27-12-15-4-2-3-5-18(15)29-19(22)23)26-11-14-6-7-17(16(21)10-14)28-9-8-25-13-28/h2-10,13,19H,11-12H2,1H3,(H2,24,26,27). The van der Waals surface area contributed by atoms with E-state index in [1.807, 2.05) is 0 Å². The first-order chi connectivity index (χ1) is 14.1. The minimum absolute atomic E-state index is 0.0996. The van der Waals surface area contributed by atoms with Gasteiger partial charge in [-0.3, -0.25) is 4.99 Å². The van der Waals surface area contributed by atoms with Gasteiger partial charge in [0.2, 0.25) is 0 Å². The third-order valence-electron chi connectivity index (χ3n) is 4.11. The number of rotatable bonds is 7. The molecule has 1 heterocycles. The van der Waals surface area contributed by atoms with Gasteiger partial charge in [0.1, 0.15) is 11.6 Å². The van der Waals surface area contributed by atoms with Gasteiger partial charge in [0, 0.05) is 38.1 Å². The van der Waals surface area contributed by atoms with Crippen molar-refractivity contribution in [3.63, 3.8) is 0 Å². The lowest BCUT2D eigenvalue weighted by atomic mass is 10.2. The van der Waals surface area contributed by atoms with E-state index < -0.39 is 6.61 Å². The Morgan fingerprint density at radius 2 is 1.97 bits per heavy atom. The monoisotopic (exact) mass is 403 g/mol. The van der Waals surface area contributed by atoms with Crippen LogP contribution in [0.25, 0.3) is 5.69 Å². The van der Waals surface area contributed by atoms with E-state index in [0.717, 1.165) is 5.56 Å². The molecule has 0 fully saturated rings. The van der Waals surface area contributed by atoms with Crippen LogP contribution in [0.5, 0.6) is 5.75 Å². The number of imidazole rings is 1. The predicted molar refractivity (Wildman–Crippen MR) is 104 cm³/mol. The summed E-state index contributed by atoms with van der Waals surface area (Å²) in [5, 5.41) is 6.09. The van der Waals surface area contributed by atoms with Gasteiger partial charge in [-0.05, 0) is 23.8 Å². The molecule has 2 aromatic carbocycles. The van der Waals surface area contributed by atoms with Crippen LogP contribution in [-0.4, -0.2) is 29.2 Å². The van der Waals surface area contributed by atoms with Gasteiger partial charge in [0.25, 0.3) is 0 Å². The highest BCUT2D eigenvalue weighted by molar-refractivity contribution is 5.79. The normalized spacial score (nSPS) is 11.6. The first kappa shape index (κ1) is 20.2. The molecule has 6 nitrogen and oxygen atoms in total. The average molecular weight is 403 g/mol. The van der Waals surface area contributed by atoms with Crippen molar-refractivity contribution >= 4 is 5.96 Å². The third kappa shape index (κ3) is 5.50. The number of alkyl halides is 2. The van der Waals surface area contributed by atoms with Crippen molar-refractivity contribution in [3.05, 3.63) is 78.1 Å². The molecule has 1 aromatic heterocycles. The van der Waals surface area contributed by atoms with Crippen LogP contribution in [0, 0.1) is 5.82 Å². The summed E-state index contributed by atoms with van der Waals surface area (Å²) >= 11 is 0. The van der Waals surface area contributed by atoms with Crippen molar-refractivity contribution in [2.75, 3.05) is 7.05 Å². The second-order valence-corrected chi connectivity index (χ2v) is 6.02. The molecule has 0 aliphatic heterocycles. The lowest BCUT2D eigenvalue weighted by Crippen LogP contribution is -2.36. The summed E-state index contributed by atoms with van der Waals surface area (Å²) in [6, 6.07) is 11.4. The van der Waals surface area contributed by atoms with Crippen molar-refractivity contribution in [2.24, 2.45) is 4.99 Å². The highest BCUT2D eigenvalue weighted by Gasteiger charge is 2.10. The second kappa shape index (κ2) is 9.63. The molecular weight excluding hydrogens is 383 g/mol. The molecule has 9 heteroatoms. The van der Waals surface area contributed by atoms with Crippen molar-refractivity contribution in [2.45, 2.75) is 19.7 Å². The largest absolute Gasteiger partial charge is 0.434 e. The van der Waals surface area contributed by atoms with Crippen molar-refractivity contribution in [1.82, 2.24) is 20.2 Å². The fourth-order valence-electron chi connectivity index (χ4n) is 2.72. The van der Waals surface area contributed by atoms with Gasteiger partial charge in [-0.25, -0.2) is 9.37 Å². The lowest BCUT2D eigenvalue weighted by Gasteiger charge is -2.15. The van der Waals surface area contributed by atoms with Crippen LogP contribution in [-0.2, 0) is 13.1 Å². The minimum atomic E-state index is -2.89. The van der Waals surface area contributed by atoms with Gasteiger partial charge in [0.15, 0.2) is 5.96 Å². The number of para-hydroxylation sites is 1. The Hall–Kier alpha value is -3.49. The average Bonchev–Trinajstić information content (AvgIpc) is 3.23. The molecule has 2 N–H and O–H groups in total. The molecule has 0 aliphatic carbocycles. The second-order valence-electron chi connectivity index (χ2n) is 6.02. The summed E-state index contributed by atoms with van der Waals surface area (Å²) in [7, 11) is 1.58. The van der Waals surface area contributed by atoms with Gasteiger partial charge in [-0.2, -0.15) is 8.78 Å². The zero-order chi connectivity index (χ0) is 20.6. The summed E-state index contributed by atoms with van der Waals surface area (Å²) in [5.74, 6) is 0.168. The molecule has 0 atom stereocenters. The number of nitrogens with one attached hydrogen (secondary N) is 2. The number of aliphatic imine (C=N–C) groups is 1. The predicted octanol–water partition coefficient (Wildman–Crippen LogP) is 3.48. The molecule has 0 saturated heterocycles. The SMILES string of the molecule is CN=C(NCc1ccc(-n2ccnc2)c(F)c1)NCc1ccccc1OC(F)F. The molecule has 3 rings (SSSR count). The third-order valence-corrected chi connectivity index (χ3v) is 4.11. The maximum Gasteiger partial charge on any atom is 0.387 e. The van der Waals surface area contributed by atoms with Crippen LogP contribution in [0.15, 0.2) is 66.2 Å². The molecule has 0 unspecified atom stereocenters. The number of guanidine groups is 1. The molecule has 0 amide bonds. The van der Waals surface area contributed by atoms with Gasteiger partial charge in [-0.15, -0.1) is 0 Å². The van der Waals surface area contributed by atoms with E-state index >= 15 is 0 Å². The molecular formula is C20H20F3N5O. The fraction of sp³-hybridized carbons (Fsp3) is 0.200. The Morgan fingerprint density at radius 1 is 1.17 bits per heavy atom. The number of halogens is 3. The van der Waals surface area contributed by atoms with E-state index in [2.05, 4.69) is 25.3 Å². The van der Waals surface area contributed by atoms with Crippen molar-refractivity contribution in [3.8, 4) is 11.4 Å². The van der Waals surface area contributed by atoms with E-state index in [-0.39, 0.29) is 18.1 Å². The Balaban J connectivity index is 1.58. The summed E-state index contributed by atoms with van der Waals surface area (Å²) in [6.45, 7) is -2.33. The van der Waals surface area contributed by atoms with E-state index in [1.54, 1.807) is 54.3 Å². The summed E-state index contributed by atoms with van der Waals surface area (Å²) in [5.41, 5.74) is 1.69. The molecule has 0 radical (unpaired) electrons. The fourth-order valence-corrected chi connectivity index (χ4v) is 2.72. The molecule has 0 spiro atoms. The quantitative estimate of drug-likeness (QED) is 0.468. The first-order valence-corrected chi connectivity index (χ1v) is 8.81. The zero-order valence-electron chi connectivity index (χ0n) is 15.6. The van der Waals surface area contributed by atoms with Crippen LogP contribution in [0.4, 0.5) is 13.2 Å². The van der Waals surface area contributed by atoms with E-state index in [0.29, 0.717) is 23.8 Å². The van der Waals surface area contributed by atoms with Gasteiger partial charge < -0.3 is 19.9 Å². The van der Waals surface area contributed by atoms with Crippen LogP contribution in [0.3, 0.4) is 0 Å². The Kier molecular flexibility index (Phi) is 6.72. The maximum atomic E-state index is 14.3. The molecule has 0 bridgehead atoms. The summed E-state index contributed by atoms with van der Waals surface area (Å²) in [6.07, 6.45) is 4.77. The van der Waals surface area contributed by atoms with Crippen molar-refractivity contribution in [1.29, 1.82) is 0 Å². The number of hydrogen-bond donors (Lipinski definition) is 2. The van der Waals surface area contributed by atoms with Gasteiger partial charge in [0.05, 0.1) is 12.0 Å². The first-order valence-electron chi connectivity index (χ1n) is 8.81. The van der Waals surface area contributed by atoms with Gasteiger partial charge in [-0.1, -0.05) is 24.3 Å². The highest BCUT2D eigenvalue weighted by Crippen LogP contribution is 2.20. The Morgan fingerprint density at radius 3 is 2.66 bits per heavy atom. The molecule has 0 aliphatic rings. The number of aromatic nitrogens is 2. The van der Waals surface area contributed by atoms with Gasteiger partial charge >= 0.3 is 6.61 Å². The summed E-state index contributed by atoms with van der Waals surface area (Å²) < 4.78 is 45.5. The summed E-state index contributed by atoms with van der Waals surface area (Å²) in [4.78, 5) is 8.00. The molecule has 29 heavy (non-hydrogen) atoms. The molecule has 0 saturated carbocycles. The van der Waals surface area contributed by atoms with Crippen LogP contribution in [0.2, 0.25) is 0 Å². The molecule has 152 valence electrons. The Bertz CT molecular complexity index is 961. The van der Waals surface area contributed by atoms with E-state index in [1.165, 1.54) is 18.5 Å². The van der Waals surface area contributed by atoms with Crippen molar-refractivity contribution < 1.29 is 17.9 Å². The van der Waals surface area contributed by atoms with Crippen LogP contribution >= 0.6 is 0 Å². The molecule has 3 aromatic rings. The number of nitrogens with zero attached hydrogens (tertiary/aromatic N) is 3. The highest BCUT2D eigenvalue weighted by atomic mass is 19.3. The van der Waals surface area contributed by atoms with E-state index in [9.17, 15) is 13.2 Å². The topological polar surface area (TPSA) is 63.5 Å². The minimum Gasteiger partial charge on any atom is -0.434 e. The lowest BCUT2D eigenvalue weighted by molar-refractivity contribution is -0.0504. The number of hydrogen-bond acceptors (Lipinski definition) is 3. The smallest absolute Gasteiger partial charge is 0.387 e. The number of ether oxygens (including phenoxy) is 1. The Labute approximate surface area is 166 Å². The van der Waals surface area contributed by atoms with Crippen LogP contribution in [0.1, 0.15) is 11.1 Å². The maximum absolute atomic E-state index is 14.3. The number of benzene rings is 2. The van der Waals surface area contributed by atoms with Crippen LogP contribution < -0.4 is 15.4 Å². The zero-order valence-corrected chi connectivity index (χ0v) is 15.6. The van der Waals surface area contributed by atoms with E-state index in [4.69, 9.17) is 0 Å².